The van der Waals surface area contributed by atoms with E-state index < -0.39 is 30.6 Å². The fourth-order valence-electron chi connectivity index (χ4n) is 1.11. The maximum absolute atomic E-state index is 12.9. The maximum atomic E-state index is 12.9. The van der Waals surface area contributed by atoms with E-state index in [-0.39, 0.29) is 5.56 Å². The van der Waals surface area contributed by atoms with E-state index >= 15 is 0 Å². The molecule has 1 aromatic rings. The molecule has 1 nitrogen and oxygen atoms in total. The first-order chi connectivity index (χ1) is 7.28. The molecule has 1 aromatic carbocycles. The van der Waals surface area contributed by atoms with E-state index in [0.29, 0.717) is 4.47 Å². The third-order valence-corrected chi connectivity index (χ3v) is 2.28. The number of hydrogen-bond donors (Lipinski definition) is 0. The largest absolute Gasteiger partial charge is 0.389 e. The van der Waals surface area contributed by atoms with Gasteiger partial charge >= 0.3 is 6.18 Å². The van der Waals surface area contributed by atoms with Gasteiger partial charge in [0.25, 0.3) is 0 Å². The highest BCUT2D eigenvalue weighted by molar-refractivity contribution is 9.10. The third-order valence-electron chi connectivity index (χ3n) is 1.82. The first-order valence-electron chi connectivity index (χ1n) is 4.34. The summed E-state index contributed by atoms with van der Waals surface area (Å²) in [5.41, 5.74) is -0.0591. The highest BCUT2D eigenvalue weighted by atomic mass is 79.9. The molecule has 0 unspecified atom stereocenters. The monoisotopic (exact) mass is 298 g/mol. The van der Waals surface area contributed by atoms with Gasteiger partial charge in [-0.2, -0.15) is 13.2 Å². The van der Waals surface area contributed by atoms with Crippen LogP contribution in [0.5, 0.6) is 0 Å². The van der Waals surface area contributed by atoms with Crippen molar-refractivity contribution < 1.29 is 22.4 Å². The van der Waals surface area contributed by atoms with Crippen LogP contribution < -0.4 is 0 Å². The maximum Gasteiger partial charge on any atom is 0.389 e. The number of carbonyl (C=O) groups is 1. The smallest absolute Gasteiger partial charge is 0.294 e. The van der Waals surface area contributed by atoms with Crippen LogP contribution in [0.4, 0.5) is 17.6 Å². The molecule has 0 N–H and O–H groups in total. The Morgan fingerprint density at radius 3 is 2.38 bits per heavy atom. The van der Waals surface area contributed by atoms with Crippen molar-refractivity contribution in [2.45, 2.75) is 19.0 Å². The fraction of sp³-hybridized carbons (Fsp3) is 0.300. The number of benzene rings is 1. The molecule has 0 aliphatic carbocycles. The second-order valence-electron chi connectivity index (χ2n) is 3.20. The van der Waals surface area contributed by atoms with Gasteiger partial charge in [0.15, 0.2) is 5.78 Å². The van der Waals surface area contributed by atoms with E-state index in [0.717, 1.165) is 12.1 Å². The van der Waals surface area contributed by atoms with Crippen LogP contribution in [0, 0.1) is 5.82 Å². The van der Waals surface area contributed by atoms with E-state index in [9.17, 15) is 22.4 Å². The molecular formula is C10H7BrF4O. The number of rotatable bonds is 3. The van der Waals surface area contributed by atoms with Crippen LogP contribution in [0.1, 0.15) is 23.2 Å². The second-order valence-corrected chi connectivity index (χ2v) is 4.11. The molecule has 0 fully saturated rings. The van der Waals surface area contributed by atoms with Crippen molar-refractivity contribution in [3.63, 3.8) is 0 Å². The number of hydrogen-bond acceptors (Lipinski definition) is 1. The highest BCUT2D eigenvalue weighted by Gasteiger charge is 2.28. The molecule has 1 rings (SSSR count). The fourth-order valence-corrected chi connectivity index (χ4v) is 1.58. The van der Waals surface area contributed by atoms with Gasteiger partial charge in [-0.25, -0.2) is 4.39 Å². The van der Waals surface area contributed by atoms with Crippen LogP contribution >= 0.6 is 15.9 Å². The Morgan fingerprint density at radius 1 is 1.25 bits per heavy atom. The van der Waals surface area contributed by atoms with Gasteiger partial charge in [-0.1, -0.05) is 15.9 Å². The van der Waals surface area contributed by atoms with Gasteiger partial charge in [0.05, 0.1) is 6.42 Å². The molecule has 0 amide bonds. The van der Waals surface area contributed by atoms with Crippen LogP contribution in [0.2, 0.25) is 0 Å². The lowest BCUT2D eigenvalue weighted by Crippen LogP contribution is -2.11. The van der Waals surface area contributed by atoms with E-state index in [1.807, 2.05) is 0 Å². The summed E-state index contributed by atoms with van der Waals surface area (Å²) >= 11 is 2.96. The van der Waals surface area contributed by atoms with Crippen LogP contribution in [0.15, 0.2) is 22.7 Å². The molecule has 0 aliphatic rings. The predicted molar refractivity (Wildman–Crippen MR) is 53.7 cm³/mol. The second kappa shape index (κ2) is 4.95. The quantitative estimate of drug-likeness (QED) is 0.606. The summed E-state index contributed by atoms with van der Waals surface area (Å²) in [6.07, 6.45) is -6.24. The predicted octanol–water partition coefficient (Wildman–Crippen LogP) is 4.11. The van der Waals surface area contributed by atoms with Gasteiger partial charge in [-0.05, 0) is 18.2 Å². The van der Waals surface area contributed by atoms with E-state index in [1.165, 1.54) is 6.07 Å². The normalized spacial score (nSPS) is 11.6. The summed E-state index contributed by atoms with van der Waals surface area (Å²) in [5, 5.41) is 0. The Hall–Kier alpha value is -0.910. The molecule has 0 aliphatic heterocycles. The average Bonchev–Trinajstić information content (AvgIpc) is 2.11. The minimum Gasteiger partial charge on any atom is -0.294 e. The van der Waals surface area contributed by atoms with Gasteiger partial charge in [-0.3, -0.25) is 4.79 Å². The zero-order valence-corrected chi connectivity index (χ0v) is 9.53. The van der Waals surface area contributed by atoms with Crippen molar-refractivity contribution in [2.24, 2.45) is 0 Å². The number of alkyl halides is 3. The molecular weight excluding hydrogens is 292 g/mol. The van der Waals surface area contributed by atoms with E-state index in [1.54, 1.807) is 0 Å². The van der Waals surface area contributed by atoms with Crippen molar-refractivity contribution in [3.8, 4) is 0 Å². The summed E-state index contributed by atoms with van der Waals surface area (Å²) in [7, 11) is 0. The molecule has 0 spiro atoms. The molecule has 0 aromatic heterocycles. The summed E-state index contributed by atoms with van der Waals surface area (Å²) in [6, 6.07) is 3.34. The van der Waals surface area contributed by atoms with Crippen LogP contribution in [0.3, 0.4) is 0 Å². The van der Waals surface area contributed by atoms with Crippen LogP contribution in [-0.2, 0) is 0 Å². The van der Waals surface area contributed by atoms with Crippen molar-refractivity contribution in [1.29, 1.82) is 0 Å². The number of ketones is 1. The lowest BCUT2D eigenvalue weighted by molar-refractivity contribution is -0.133. The number of Topliss-reactive ketones (excluding diaryl/α,β-unsaturated/α-hetero) is 1. The van der Waals surface area contributed by atoms with Gasteiger partial charge in [0.2, 0.25) is 0 Å². The third kappa shape index (κ3) is 4.30. The molecule has 6 heteroatoms. The van der Waals surface area contributed by atoms with Crippen molar-refractivity contribution in [3.05, 3.63) is 34.1 Å². The van der Waals surface area contributed by atoms with Gasteiger partial charge in [-0.15, -0.1) is 0 Å². The van der Waals surface area contributed by atoms with Crippen molar-refractivity contribution in [2.75, 3.05) is 0 Å². The Labute approximate surface area is 97.6 Å². The van der Waals surface area contributed by atoms with Crippen molar-refractivity contribution >= 4 is 21.7 Å². The summed E-state index contributed by atoms with van der Waals surface area (Å²) in [5.74, 6) is -1.39. The number of carbonyl (C=O) groups excluding carboxylic acids is 1. The first-order valence-corrected chi connectivity index (χ1v) is 5.13. The highest BCUT2D eigenvalue weighted by Crippen LogP contribution is 2.23. The van der Waals surface area contributed by atoms with Gasteiger partial charge in [0.1, 0.15) is 5.82 Å². The topological polar surface area (TPSA) is 17.1 Å². The van der Waals surface area contributed by atoms with E-state index in [2.05, 4.69) is 15.9 Å². The molecule has 0 bridgehead atoms. The standard InChI is InChI=1S/C10H7BrF4O/c11-7-3-6(4-8(12)5-7)9(16)1-2-10(13,14)15/h3-5H,1-2H2. The van der Waals surface area contributed by atoms with Crippen LogP contribution in [-0.4, -0.2) is 12.0 Å². The summed E-state index contributed by atoms with van der Waals surface area (Å²) in [4.78, 5) is 11.3. The Bertz CT molecular complexity index is 380. The van der Waals surface area contributed by atoms with Gasteiger partial charge in [0, 0.05) is 16.5 Å². The zero-order chi connectivity index (χ0) is 12.3. The summed E-state index contributed by atoms with van der Waals surface area (Å²) in [6.45, 7) is 0. The lowest BCUT2D eigenvalue weighted by atomic mass is 10.1. The molecule has 0 atom stereocenters. The molecule has 0 saturated heterocycles. The average molecular weight is 299 g/mol. The molecule has 0 radical (unpaired) electrons. The molecule has 0 saturated carbocycles. The number of halogens is 5. The van der Waals surface area contributed by atoms with E-state index in [4.69, 9.17) is 0 Å². The Morgan fingerprint density at radius 2 is 1.88 bits per heavy atom. The SMILES string of the molecule is O=C(CCC(F)(F)F)c1cc(F)cc(Br)c1. The Balaban J connectivity index is 2.73. The summed E-state index contributed by atoms with van der Waals surface area (Å²) < 4.78 is 48.7. The lowest BCUT2D eigenvalue weighted by Gasteiger charge is -2.05. The minimum atomic E-state index is -4.37. The van der Waals surface area contributed by atoms with Gasteiger partial charge < -0.3 is 0 Å². The minimum absolute atomic E-state index is 0.0591. The zero-order valence-electron chi connectivity index (χ0n) is 7.94. The van der Waals surface area contributed by atoms with Crippen LogP contribution in [0.25, 0.3) is 0 Å². The molecule has 0 heterocycles. The van der Waals surface area contributed by atoms with Crippen molar-refractivity contribution in [1.82, 2.24) is 0 Å². The Kier molecular flexibility index (Phi) is 4.07. The first kappa shape index (κ1) is 13.2. The molecule has 16 heavy (non-hydrogen) atoms. The molecule has 88 valence electrons.